The number of hydrogen-bond donors (Lipinski definition) is 0. The summed E-state index contributed by atoms with van der Waals surface area (Å²) in [4.78, 5) is 40.2. The second-order valence-corrected chi connectivity index (χ2v) is 14.6. The van der Waals surface area contributed by atoms with Crippen molar-refractivity contribution < 1.29 is 66.5 Å². The van der Waals surface area contributed by atoms with Crippen LogP contribution in [-0.4, -0.2) is 99.6 Å². The van der Waals surface area contributed by atoms with Gasteiger partial charge in [0.25, 0.3) is 0 Å². The first kappa shape index (κ1) is 46.5. The summed E-state index contributed by atoms with van der Waals surface area (Å²) in [7, 11) is 1.55. The molecule has 4 aromatic rings. The van der Waals surface area contributed by atoms with E-state index >= 15 is 0 Å². The topological polar surface area (TPSA) is 202 Å². The Morgan fingerprint density at radius 2 is 1.10 bits per heavy atom. The molecule has 17 heteroatoms. The largest absolute Gasteiger partial charge is 0.497 e. The van der Waals surface area contributed by atoms with Gasteiger partial charge in [-0.15, -0.1) is 0 Å². The Labute approximate surface area is 364 Å². The number of benzene rings is 4. The number of carbonyl (C=O) groups excluding carboxylic acids is 3. The first-order valence-corrected chi connectivity index (χ1v) is 20.3. The van der Waals surface area contributed by atoms with Crippen LogP contribution in [-0.2, 0) is 76.8 Å². The van der Waals surface area contributed by atoms with Crippen LogP contribution in [0.3, 0.4) is 0 Å². The molecule has 0 aliphatic carbocycles. The molecule has 2 heterocycles. The van der Waals surface area contributed by atoms with Crippen LogP contribution in [0, 0.1) is 0 Å². The van der Waals surface area contributed by atoms with Crippen molar-refractivity contribution in [3.8, 4) is 11.5 Å². The summed E-state index contributed by atoms with van der Waals surface area (Å²) < 4.78 is 68.5. The van der Waals surface area contributed by atoms with Gasteiger partial charge in [-0.25, -0.2) is 0 Å². The van der Waals surface area contributed by atoms with Gasteiger partial charge in [0.15, 0.2) is 18.5 Å². The van der Waals surface area contributed by atoms with Crippen LogP contribution in [0.1, 0.15) is 37.5 Å². The highest BCUT2D eigenvalue weighted by Gasteiger charge is 2.55. The molecule has 0 N–H and O–H groups in total. The highest BCUT2D eigenvalue weighted by atomic mass is 16.8. The third-order valence-electron chi connectivity index (χ3n) is 10.0. The lowest BCUT2D eigenvalue weighted by atomic mass is 9.95. The summed E-state index contributed by atoms with van der Waals surface area (Å²) in [5.41, 5.74) is 12.5. The van der Waals surface area contributed by atoms with E-state index in [2.05, 4.69) is 10.0 Å². The molecule has 6 rings (SSSR count). The van der Waals surface area contributed by atoms with Crippen LogP contribution < -0.4 is 9.47 Å². The molecule has 4 aromatic carbocycles. The van der Waals surface area contributed by atoms with E-state index in [4.69, 9.17) is 52.1 Å². The van der Waals surface area contributed by atoms with Gasteiger partial charge in [-0.05, 0) is 46.5 Å². The number of nitrogens with zero attached hydrogens (tertiary/aromatic N) is 3. The Morgan fingerprint density at radius 3 is 1.63 bits per heavy atom. The monoisotopic (exact) mass is 869 g/mol. The van der Waals surface area contributed by atoms with E-state index in [0.29, 0.717) is 11.5 Å². The fourth-order valence-electron chi connectivity index (χ4n) is 7.16. The normalized spacial score (nSPS) is 25.5. The highest BCUT2D eigenvalue weighted by molar-refractivity contribution is 5.68. The predicted octanol–water partition coefficient (Wildman–Crippen LogP) is 6.40. The fraction of sp³-hybridized carbons (Fsp3) is 0.413. The minimum Gasteiger partial charge on any atom is -0.497 e. The molecule has 0 bridgehead atoms. The van der Waals surface area contributed by atoms with E-state index in [9.17, 15) is 19.9 Å². The quantitative estimate of drug-likeness (QED) is 0.0310. The fourth-order valence-corrected chi connectivity index (χ4v) is 7.16. The Morgan fingerprint density at radius 1 is 0.587 bits per heavy atom. The van der Waals surface area contributed by atoms with Crippen molar-refractivity contribution in [3.05, 3.63) is 142 Å². The number of hydrogen-bond acceptors (Lipinski definition) is 15. The molecule has 17 nitrogen and oxygen atoms in total. The summed E-state index contributed by atoms with van der Waals surface area (Å²) in [6.45, 7) is 3.39. The molecule has 0 aromatic heterocycles. The lowest BCUT2D eigenvalue weighted by Gasteiger charge is -2.49. The number of rotatable bonds is 20. The van der Waals surface area contributed by atoms with Crippen molar-refractivity contribution >= 4 is 17.9 Å². The summed E-state index contributed by atoms with van der Waals surface area (Å²) in [5.74, 6) is -1.21. The Balaban J connectivity index is 1.45. The molecule has 2 saturated heterocycles. The molecule has 10 unspecified atom stereocenters. The number of methoxy groups -OCH3 is 1. The predicted molar refractivity (Wildman–Crippen MR) is 223 cm³/mol. The molecule has 0 saturated carbocycles. The smallest absolute Gasteiger partial charge is 0.303 e. The van der Waals surface area contributed by atoms with Crippen molar-refractivity contribution in [1.29, 1.82) is 0 Å². The first-order valence-electron chi connectivity index (χ1n) is 20.3. The van der Waals surface area contributed by atoms with Gasteiger partial charge in [-0.3, -0.25) is 14.4 Å². The van der Waals surface area contributed by atoms with E-state index in [-0.39, 0.29) is 26.4 Å². The standard InChI is InChI=1S/C46H51N3O14/c1-29(50)55-28-38-41(58-30(2)51)42(59-31(3)52)39(48-49-47)45(61-38)63-43-40(56-25-33-16-10-6-11-17-33)37(27-54-24-32-14-8-5-9-15-32)62-46(60-36-22-20-35(53-4)21-23-36)44(43)57-26-34-18-12-7-13-19-34/h5-23,37-46H,24-28H2,1-4H3. The third-order valence-corrected chi connectivity index (χ3v) is 10.0. The van der Waals surface area contributed by atoms with Crippen LogP contribution >= 0.6 is 0 Å². The van der Waals surface area contributed by atoms with Gasteiger partial charge in [-0.1, -0.05) is 96.1 Å². The van der Waals surface area contributed by atoms with Gasteiger partial charge in [0.05, 0.1) is 33.5 Å². The maximum Gasteiger partial charge on any atom is 0.303 e. The average molecular weight is 870 g/mol. The summed E-state index contributed by atoms with van der Waals surface area (Å²) in [6, 6.07) is 33.9. The van der Waals surface area contributed by atoms with Gasteiger partial charge in [0, 0.05) is 25.7 Å². The Hall–Kier alpha value is -6.04. The number of azide groups is 1. The van der Waals surface area contributed by atoms with Gasteiger partial charge < -0.3 is 52.1 Å². The van der Waals surface area contributed by atoms with E-state index in [1.165, 1.54) is 6.92 Å². The molecule has 0 radical (unpaired) electrons. The maximum absolute atomic E-state index is 12.6. The summed E-state index contributed by atoms with van der Waals surface area (Å²) >= 11 is 0. The zero-order valence-corrected chi connectivity index (χ0v) is 35.3. The number of carbonyl (C=O) groups is 3. The van der Waals surface area contributed by atoms with Crippen LogP contribution in [0.4, 0.5) is 0 Å². The molecule has 2 fully saturated rings. The van der Waals surface area contributed by atoms with Crippen LogP contribution in [0.15, 0.2) is 120 Å². The van der Waals surface area contributed by atoms with Crippen LogP contribution in [0.25, 0.3) is 10.4 Å². The number of ether oxygens (including phenoxy) is 11. The van der Waals surface area contributed by atoms with Crippen molar-refractivity contribution in [2.75, 3.05) is 20.3 Å². The van der Waals surface area contributed by atoms with Gasteiger partial charge in [-0.2, -0.15) is 0 Å². The molecule has 2 aliphatic rings. The lowest BCUT2D eigenvalue weighted by molar-refractivity contribution is -0.349. The molecular weight excluding hydrogens is 819 g/mol. The minimum absolute atomic E-state index is 0.0208. The summed E-state index contributed by atoms with van der Waals surface area (Å²) in [5, 5.41) is 3.97. The molecule has 63 heavy (non-hydrogen) atoms. The zero-order valence-electron chi connectivity index (χ0n) is 35.3. The van der Waals surface area contributed by atoms with E-state index < -0.39 is 85.9 Å². The second-order valence-electron chi connectivity index (χ2n) is 14.6. The summed E-state index contributed by atoms with van der Waals surface area (Å²) in [6.07, 6.45) is -11.2. The molecule has 0 amide bonds. The molecular formula is C46H51N3O14. The Bertz CT molecular complexity index is 2090. The maximum atomic E-state index is 12.6. The van der Waals surface area contributed by atoms with E-state index in [1.807, 2.05) is 91.0 Å². The minimum atomic E-state index is -1.57. The van der Waals surface area contributed by atoms with E-state index in [0.717, 1.165) is 30.5 Å². The Kier molecular flexibility index (Phi) is 17.3. The molecule has 0 spiro atoms. The zero-order chi connectivity index (χ0) is 44.6. The van der Waals surface area contributed by atoms with Gasteiger partial charge >= 0.3 is 17.9 Å². The van der Waals surface area contributed by atoms with Crippen molar-refractivity contribution in [2.24, 2.45) is 5.11 Å². The van der Waals surface area contributed by atoms with Crippen molar-refractivity contribution in [1.82, 2.24) is 0 Å². The molecule has 10 atom stereocenters. The first-order chi connectivity index (χ1) is 30.6. The lowest BCUT2D eigenvalue weighted by Crippen LogP contribution is -2.66. The van der Waals surface area contributed by atoms with Crippen LogP contribution in [0.5, 0.6) is 11.5 Å². The molecule has 334 valence electrons. The SMILES string of the molecule is COc1ccc(OC2OC(COCc3ccccc3)C(OCc3ccccc3)C(OC3OC(COC(C)=O)C(OC(C)=O)C(OC(C)=O)C3N=[N+]=[N-])C2OCc2ccccc2)cc1. The van der Waals surface area contributed by atoms with E-state index in [1.54, 1.807) is 31.4 Å². The third kappa shape index (κ3) is 13.5. The van der Waals surface area contributed by atoms with Crippen LogP contribution in [0.2, 0.25) is 0 Å². The van der Waals surface area contributed by atoms with Crippen molar-refractivity contribution in [2.45, 2.75) is 102 Å². The highest BCUT2D eigenvalue weighted by Crippen LogP contribution is 2.37. The van der Waals surface area contributed by atoms with Gasteiger partial charge in [0.1, 0.15) is 54.7 Å². The number of esters is 3. The van der Waals surface area contributed by atoms with Crippen molar-refractivity contribution in [3.63, 3.8) is 0 Å². The molecule has 2 aliphatic heterocycles. The second kappa shape index (κ2) is 23.4. The average Bonchev–Trinajstić information content (AvgIpc) is 3.28. The van der Waals surface area contributed by atoms with Gasteiger partial charge in [0.2, 0.25) is 6.29 Å².